The fraction of sp³-hybridized carbons (Fsp3) is 0.538. The van der Waals surface area contributed by atoms with Crippen LogP contribution in [0.3, 0.4) is 0 Å². The second kappa shape index (κ2) is 3.63. The van der Waals surface area contributed by atoms with E-state index < -0.39 is 5.41 Å². The quantitative estimate of drug-likeness (QED) is 0.795. The molecule has 2 saturated carbocycles. The minimum atomic E-state index is -0.713. The van der Waals surface area contributed by atoms with Crippen molar-refractivity contribution >= 4 is 5.91 Å². The van der Waals surface area contributed by atoms with Crippen LogP contribution < -0.4 is 0 Å². The van der Waals surface area contributed by atoms with Gasteiger partial charge in [0.15, 0.2) is 0 Å². The molecule has 88 valence electrons. The molecule has 0 saturated heterocycles. The minimum absolute atomic E-state index is 0.00102. The third-order valence-corrected chi connectivity index (χ3v) is 3.53. The zero-order valence-electron chi connectivity index (χ0n) is 9.56. The Hall–Kier alpha value is -1.76. The van der Waals surface area contributed by atoms with E-state index in [-0.39, 0.29) is 5.91 Å². The normalized spacial score (nSPS) is 20.6. The van der Waals surface area contributed by atoms with Crippen molar-refractivity contribution in [1.82, 2.24) is 4.90 Å². The van der Waals surface area contributed by atoms with Gasteiger partial charge >= 0.3 is 0 Å². The largest absolute Gasteiger partial charge is 0.467 e. The van der Waals surface area contributed by atoms with Crippen molar-refractivity contribution in [2.24, 2.45) is 5.41 Å². The summed E-state index contributed by atoms with van der Waals surface area (Å²) in [5.41, 5.74) is -0.713. The summed E-state index contributed by atoms with van der Waals surface area (Å²) in [6.07, 6.45) is 5.14. The van der Waals surface area contributed by atoms with Gasteiger partial charge in [-0.1, -0.05) is 0 Å². The Morgan fingerprint density at radius 3 is 2.82 bits per heavy atom. The molecule has 0 N–H and O–H groups in total. The lowest BCUT2D eigenvalue weighted by Gasteiger charge is -2.23. The molecule has 1 amide bonds. The van der Waals surface area contributed by atoms with Crippen LogP contribution in [0.1, 0.15) is 31.4 Å². The first-order chi connectivity index (χ1) is 8.25. The molecule has 0 radical (unpaired) electrons. The summed E-state index contributed by atoms with van der Waals surface area (Å²) in [7, 11) is 0. The van der Waals surface area contributed by atoms with E-state index >= 15 is 0 Å². The van der Waals surface area contributed by atoms with Crippen LogP contribution >= 0.6 is 0 Å². The first kappa shape index (κ1) is 10.4. The van der Waals surface area contributed by atoms with Crippen molar-refractivity contribution in [1.29, 1.82) is 5.26 Å². The summed E-state index contributed by atoms with van der Waals surface area (Å²) >= 11 is 0. The molecule has 17 heavy (non-hydrogen) atoms. The molecule has 2 aliphatic carbocycles. The summed E-state index contributed by atoms with van der Waals surface area (Å²) in [6.45, 7) is 0.500. The van der Waals surface area contributed by atoms with Crippen molar-refractivity contribution in [3.8, 4) is 6.07 Å². The Labute approximate surface area is 99.8 Å². The highest BCUT2D eigenvalue weighted by Gasteiger charge is 2.54. The molecule has 0 bridgehead atoms. The van der Waals surface area contributed by atoms with E-state index in [0.29, 0.717) is 25.4 Å². The molecular weight excluding hydrogens is 216 g/mol. The lowest BCUT2D eigenvalue weighted by atomic mass is 10.1. The van der Waals surface area contributed by atoms with Crippen LogP contribution in [-0.4, -0.2) is 16.8 Å². The highest BCUT2D eigenvalue weighted by Crippen LogP contribution is 2.48. The Morgan fingerprint density at radius 2 is 2.35 bits per heavy atom. The summed E-state index contributed by atoms with van der Waals surface area (Å²) in [6, 6.07) is 6.18. The van der Waals surface area contributed by atoms with Crippen molar-refractivity contribution in [2.45, 2.75) is 38.3 Å². The second-order valence-corrected chi connectivity index (χ2v) is 4.94. The molecule has 4 heteroatoms. The predicted molar refractivity (Wildman–Crippen MR) is 59.6 cm³/mol. The molecule has 1 aromatic rings. The number of hydrogen-bond acceptors (Lipinski definition) is 3. The third kappa shape index (κ3) is 1.82. The molecule has 2 fully saturated rings. The van der Waals surface area contributed by atoms with Gasteiger partial charge in [-0.3, -0.25) is 4.79 Å². The van der Waals surface area contributed by atoms with E-state index in [1.807, 2.05) is 17.0 Å². The van der Waals surface area contributed by atoms with Crippen LogP contribution in [0.2, 0.25) is 0 Å². The van der Waals surface area contributed by atoms with Gasteiger partial charge < -0.3 is 9.32 Å². The molecule has 0 unspecified atom stereocenters. The van der Waals surface area contributed by atoms with Gasteiger partial charge in [0.25, 0.3) is 0 Å². The zero-order chi connectivity index (χ0) is 11.9. The standard InChI is InChI=1S/C13H14N2O2/c14-9-13(5-6-13)12(16)15(10-3-4-10)8-11-2-1-7-17-11/h1-2,7,10H,3-6,8H2. The van der Waals surface area contributed by atoms with Gasteiger partial charge in [-0.2, -0.15) is 5.26 Å². The highest BCUT2D eigenvalue weighted by atomic mass is 16.3. The van der Waals surface area contributed by atoms with Gasteiger partial charge in [0.1, 0.15) is 11.2 Å². The maximum atomic E-state index is 12.3. The van der Waals surface area contributed by atoms with Crippen molar-refractivity contribution in [3.05, 3.63) is 24.2 Å². The Bertz CT molecular complexity index is 464. The van der Waals surface area contributed by atoms with E-state index in [9.17, 15) is 4.79 Å². The molecule has 0 aliphatic heterocycles. The number of carbonyl (C=O) groups excluding carboxylic acids is 1. The summed E-state index contributed by atoms with van der Waals surface area (Å²) in [5.74, 6) is 0.790. The number of amides is 1. The Balaban J connectivity index is 1.77. The summed E-state index contributed by atoms with van der Waals surface area (Å²) < 4.78 is 5.28. The number of furan rings is 1. The molecule has 1 aromatic heterocycles. The average molecular weight is 230 g/mol. The number of hydrogen-bond donors (Lipinski definition) is 0. The molecule has 1 heterocycles. The first-order valence-corrected chi connectivity index (χ1v) is 6.00. The summed E-state index contributed by atoms with van der Waals surface area (Å²) in [5, 5.41) is 9.08. The van der Waals surface area contributed by atoms with Gasteiger partial charge in [-0.05, 0) is 37.8 Å². The van der Waals surface area contributed by atoms with Crippen molar-refractivity contribution in [3.63, 3.8) is 0 Å². The van der Waals surface area contributed by atoms with Crippen LogP contribution in [0.4, 0.5) is 0 Å². The van der Waals surface area contributed by atoms with Gasteiger partial charge in [-0.25, -0.2) is 0 Å². The van der Waals surface area contributed by atoms with Crippen LogP contribution in [0, 0.1) is 16.7 Å². The second-order valence-electron chi connectivity index (χ2n) is 4.94. The molecule has 0 atom stereocenters. The van der Waals surface area contributed by atoms with Gasteiger partial charge in [0.05, 0.1) is 18.9 Å². The lowest BCUT2D eigenvalue weighted by molar-refractivity contribution is -0.136. The van der Waals surface area contributed by atoms with Crippen LogP contribution in [-0.2, 0) is 11.3 Å². The third-order valence-electron chi connectivity index (χ3n) is 3.53. The van der Waals surface area contributed by atoms with E-state index in [2.05, 4.69) is 6.07 Å². The zero-order valence-corrected chi connectivity index (χ0v) is 9.56. The van der Waals surface area contributed by atoms with Crippen LogP contribution in [0.15, 0.2) is 22.8 Å². The summed E-state index contributed by atoms with van der Waals surface area (Å²) in [4.78, 5) is 14.2. The fourth-order valence-electron chi connectivity index (χ4n) is 2.10. The Morgan fingerprint density at radius 1 is 1.59 bits per heavy atom. The Kier molecular flexibility index (Phi) is 2.22. The highest BCUT2D eigenvalue weighted by molar-refractivity contribution is 5.88. The number of rotatable bonds is 4. The maximum Gasteiger partial charge on any atom is 0.243 e. The van der Waals surface area contributed by atoms with Crippen LogP contribution in [0.5, 0.6) is 0 Å². The molecule has 2 aliphatic rings. The molecule has 0 aromatic carbocycles. The predicted octanol–water partition coefficient (Wildman–Crippen LogP) is 2.07. The number of nitrogens with zero attached hydrogens (tertiary/aromatic N) is 2. The molecule has 0 spiro atoms. The van der Waals surface area contributed by atoms with E-state index in [0.717, 1.165) is 18.6 Å². The number of carbonyl (C=O) groups is 1. The average Bonchev–Trinajstić information content (AvgIpc) is 3.26. The molecule has 4 nitrogen and oxygen atoms in total. The SMILES string of the molecule is N#CC1(C(=O)N(Cc2ccco2)C2CC2)CC1. The van der Waals surface area contributed by atoms with Crippen molar-refractivity contribution < 1.29 is 9.21 Å². The van der Waals surface area contributed by atoms with E-state index in [4.69, 9.17) is 9.68 Å². The lowest BCUT2D eigenvalue weighted by Crippen LogP contribution is -2.37. The fourth-order valence-corrected chi connectivity index (χ4v) is 2.10. The van der Waals surface area contributed by atoms with Gasteiger partial charge in [-0.15, -0.1) is 0 Å². The van der Waals surface area contributed by atoms with E-state index in [1.165, 1.54) is 0 Å². The van der Waals surface area contributed by atoms with Gasteiger partial charge in [0.2, 0.25) is 5.91 Å². The van der Waals surface area contributed by atoms with E-state index in [1.54, 1.807) is 6.26 Å². The van der Waals surface area contributed by atoms with Crippen LogP contribution in [0.25, 0.3) is 0 Å². The monoisotopic (exact) mass is 230 g/mol. The smallest absolute Gasteiger partial charge is 0.243 e. The number of nitriles is 1. The van der Waals surface area contributed by atoms with Gasteiger partial charge in [0, 0.05) is 6.04 Å². The van der Waals surface area contributed by atoms with Crippen molar-refractivity contribution in [2.75, 3.05) is 0 Å². The molecular formula is C13H14N2O2. The minimum Gasteiger partial charge on any atom is -0.467 e. The maximum absolute atomic E-state index is 12.3. The molecule has 3 rings (SSSR count). The topological polar surface area (TPSA) is 57.2 Å². The first-order valence-electron chi connectivity index (χ1n) is 6.00.